The molecule has 2 rings (SSSR count). The van der Waals surface area contributed by atoms with E-state index in [1.807, 2.05) is 37.2 Å². The molecule has 25 heavy (non-hydrogen) atoms. The SMILES string of the molecule is CN(C)C(=NCc1ccccc1)NCCCN1CCCC(C(N)=O)C1. The van der Waals surface area contributed by atoms with E-state index >= 15 is 0 Å². The molecule has 3 N–H and O–H groups in total. The maximum absolute atomic E-state index is 11.3. The van der Waals surface area contributed by atoms with Crippen molar-refractivity contribution in [3.8, 4) is 0 Å². The number of amides is 1. The Morgan fingerprint density at radius 1 is 1.36 bits per heavy atom. The average Bonchev–Trinajstić information content (AvgIpc) is 2.62. The summed E-state index contributed by atoms with van der Waals surface area (Å²) >= 11 is 0. The Balaban J connectivity index is 1.73. The van der Waals surface area contributed by atoms with Crippen LogP contribution in [0.5, 0.6) is 0 Å². The van der Waals surface area contributed by atoms with Crippen LogP contribution < -0.4 is 11.1 Å². The third-order valence-electron chi connectivity index (χ3n) is 4.52. The van der Waals surface area contributed by atoms with E-state index in [0.29, 0.717) is 6.54 Å². The van der Waals surface area contributed by atoms with Crippen LogP contribution in [0.25, 0.3) is 0 Å². The smallest absolute Gasteiger partial charge is 0.221 e. The maximum atomic E-state index is 11.3. The molecule has 0 radical (unpaired) electrons. The van der Waals surface area contributed by atoms with Crippen LogP contribution in [0, 0.1) is 5.92 Å². The minimum absolute atomic E-state index is 0.0199. The van der Waals surface area contributed by atoms with E-state index in [4.69, 9.17) is 5.73 Å². The van der Waals surface area contributed by atoms with Crippen LogP contribution in [0.2, 0.25) is 0 Å². The number of carbonyl (C=O) groups excluding carboxylic acids is 1. The first kappa shape index (κ1) is 19.2. The van der Waals surface area contributed by atoms with E-state index in [1.54, 1.807) is 0 Å². The molecule has 0 bridgehead atoms. The molecule has 1 fully saturated rings. The van der Waals surface area contributed by atoms with Crippen molar-refractivity contribution in [1.29, 1.82) is 0 Å². The third kappa shape index (κ3) is 6.74. The van der Waals surface area contributed by atoms with Gasteiger partial charge < -0.3 is 20.9 Å². The first-order valence-electron chi connectivity index (χ1n) is 9.07. The Labute approximate surface area is 151 Å². The Morgan fingerprint density at radius 2 is 2.12 bits per heavy atom. The summed E-state index contributed by atoms with van der Waals surface area (Å²) in [6, 6.07) is 10.3. The summed E-state index contributed by atoms with van der Waals surface area (Å²) in [5.41, 5.74) is 6.64. The number of piperidine rings is 1. The topological polar surface area (TPSA) is 74.0 Å². The summed E-state index contributed by atoms with van der Waals surface area (Å²) in [7, 11) is 4.00. The molecule has 6 nitrogen and oxygen atoms in total. The third-order valence-corrected chi connectivity index (χ3v) is 4.52. The molecule has 0 aliphatic carbocycles. The number of likely N-dealkylation sites (tertiary alicyclic amines) is 1. The van der Waals surface area contributed by atoms with E-state index in [-0.39, 0.29) is 11.8 Å². The number of benzene rings is 1. The van der Waals surface area contributed by atoms with Gasteiger partial charge in [-0.25, -0.2) is 4.99 Å². The van der Waals surface area contributed by atoms with Gasteiger partial charge in [-0.3, -0.25) is 4.79 Å². The van der Waals surface area contributed by atoms with Gasteiger partial charge in [-0.15, -0.1) is 0 Å². The van der Waals surface area contributed by atoms with Crippen molar-refractivity contribution in [3.05, 3.63) is 35.9 Å². The molecule has 0 aromatic heterocycles. The molecule has 138 valence electrons. The standard InChI is InChI=1S/C19H31N5O/c1-23(2)19(22-14-16-8-4-3-5-9-16)21-11-7-13-24-12-6-10-17(15-24)18(20)25/h3-5,8-9,17H,6-7,10-15H2,1-2H3,(H2,20,25)(H,21,22). The highest BCUT2D eigenvalue weighted by Gasteiger charge is 2.23. The number of aliphatic imine (C=N–C) groups is 1. The number of hydrogen-bond donors (Lipinski definition) is 2. The minimum atomic E-state index is -0.161. The van der Waals surface area contributed by atoms with Crippen LogP contribution in [-0.2, 0) is 11.3 Å². The van der Waals surface area contributed by atoms with Gasteiger partial charge in [-0.2, -0.15) is 0 Å². The van der Waals surface area contributed by atoms with Gasteiger partial charge in [0.25, 0.3) is 0 Å². The number of nitrogens with one attached hydrogen (secondary N) is 1. The molecule has 1 amide bonds. The molecule has 0 spiro atoms. The van der Waals surface area contributed by atoms with Gasteiger partial charge in [-0.1, -0.05) is 30.3 Å². The van der Waals surface area contributed by atoms with Crippen LogP contribution in [0.3, 0.4) is 0 Å². The van der Waals surface area contributed by atoms with Crippen LogP contribution in [0.15, 0.2) is 35.3 Å². The van der Waals surface area contributed by atoms with E-state index in [9.17, 15) is 4.79 Å². The number of hydrogen-bond acceptors (Lipinski definition) is 3. The lowest BCUT2D eigenvalue weighted by Gasteiger charge is -2.31. The number of guanidine groups is 1. The normalized spacial score (nSPS) is 18.8. The van der Waals surface area contributed by atoms with E-state index in [0.717, 1.165) is 51.4 Å². The van der Waals surface area contributed by atoms with Crippen LogP contribution in [0.4, 0.5) is 0 Å². The van der Waals surface area contributed by atoms with Crippen LogP contribution >= 0.6 is 0 Å². The molecular weight excluding hydrogens is 314 g/mol. The molecule has 1 heterocycles. The van der Waals surface area contributed by atoms with Crippen LogP contribution in [0.1, 0.15) is 24.8 Å². The summed E-state index contributed by atoms with van der Waals surface area (Å²) in [6.07, 6.45) is 3.01. The van der Waals surface area contributed by atoms with Gasteiger partial charge in [-0.05, 0) is 37.9 Å². The highest BCUT2D eigenvalue weighted by molar-refractivity contribution is 5.79. The van der Waals surface area contributed by atoms with Crippen molar-refractivity contribution in [3.63, 3.8) is 0 Å². The number of rotatable bonds is 7. The minimum Gasteiger partial charge on any atom is -0.369 e. The predicted molar refractivity (Wildman–Crippen MR) is 102 cm³/mol. The van der Waals surface area contributed by atoms with Crippen molar-refractivity contribution in [2.24, 2.45) is 16.6 Å². The summed E-state index contributed by atoms with van der Waals surface area (Å²) in [5.74, 6) is 0.759. The largest absolute Gasteiger partial charge is 0.369 e. The van der Waals surface area contributed by atoms with Gasteiger partial charge in [0.15, 0.2) is 5.96 Å². The first-order valence-corrected chi connectivity index (χ1v) is 9.07. The van der Waals surface area contributed by atoms with E-state index in [2.05, 4.69) is 27.3 Å². The maximum Gasteiger partial charge on any atom is 0.221 e. The number of nitrogens with zero attached hydrogens (tertiary/aromatic N) is 3. The molecule has 6 heteroatoms. The molecule has 1 aromatic carbocycles. The molecular formula is C19H31N5O. The zero-order valence-corrected chi connectivity index (χ0v) is 15.4. The second-order valence-electron chi connectivity index (χ2n) is 6.84. The van der Waals surface area contributed by atoms with Crippen molar-refractivity contribution >= 4 is 11.9 Å². The van der Waals surface area contributed by atoms with Crippen molar-refractivity contribution in [2.75, 3.05) is 40.3 Å². The van der Waals surface area contributed by atoms with E-state index < -0.39 is 0 Å². The van der Waals surface area contributed by atoms with Gasteiger partial charge in [0.05, 0.1) is 12.5 Å². The van der Waals surface area contributed by atoms with Crippen molar-refractivity contribution < 1.29 is 4.79 Å². The van der Waals surface area contributed by atoms with Gasteiger partial charge in [0.1, 0.15) is 0 Å². The number of primary amides is 1. The molecule has 1 atom stereocenters. The Bertz CT molecular complexity index is 558. The summed E-state index contributed by atoms with van der Waals surface area (Å²) in [6.45, 7) is 4.39. The first-order chi connectivity index (χ1) is 12.1. The Morgan fingerprint density at radius 3 is 2.80 bits per heavy atom. The van der Waals surface area contributed by atoms with E-state index in [1.165, 1.54) is 5.56 Å². The molecule has 0 saturated carbocycles. The number of nitrogens with two attached hydrogens (primary N) is 1. The lowest BCUT2D eigenvalue weighted by Crippen LogP contribution is -2.42. The van der Waals surface area contributed by atoms with Gasteiger partial charge in [0, 0.05) is 27.2 Å². The highest BCUT2D eigenvalue weighted by Crippen LogP contribution is 2.15. The Kier molecular flexibility index (Phi) is 7.73. The lowest BCUT2D eigenvalue weighted by molar-refractivity contribution is -0.123. The molecule has 1 saturated heterocycles. The number of carbonyl (C=O) groups is 1. The van der Waals surface area contributed by atoms with Crippen LogP contribution in [-0.4, -0.2) is 61.9 Å². The highest BCUT2D eigenvalue weighted by atomic mass is 16.1. The molecule has 1 unspecified atom stereocenters. The Hall–Kier alpha value is -2.08. The summed E-state index contributed by atoms with van der Waals surface area (Å²) < 4.78 is 0. The van der Waals surface area contributed by atoms with Crippen molar-refractivity contribution in [2.45, 2.75) is 25.8 Å². The predicted octanol–water partition coefficient (Wildman–Crippen LogP) is 1.28. The second-order valence-corrected chi connectivity index (χ2v) is 6.84. The average molecular weight is 345 g/mol. The van der Waals surface area contributed by atoms with Gasteiger partial charge in [0.2, 0.25) is 5.91 Å². The zero-order valence-electron chi connectivity index (χ0n) is 15.4. The van der Waals surface area contributed by atoms with Gasteiger partial charge >= 0.3 is 0 Å². The fraction of sp³-hybridized carbons (Fsp3) is 0.579. The zero-order chi connectivity index (χ0) is 18.1. The molecule has 1 aliphatic heterocycles. The quantitative estimate of drug-likeness (QED) is 0.444. The summed E-state index contributed by atoms with van der Waals surface area (Å²) in [5, 5.41) is 3.42. The molecule has 1 aliphatic rings. The summed E-state index contributed by atoms with van der Waals surface area (Å²) in [4.78, 5) is 20.4. The fourth-order valence-corrected chi connectivity index (χ4v) is 3.10. The lowest BCUT2D eigenvalue weighted by atomic mass is 9.97. The monoisotopic (exact) mass is 345 g/mol. The van der Waals surface area contributed by atoms with Crippen molar-refractivity contribution in [1.82, 2.24) is 15.1 Å². The second kappa shape index (κ2) is 10.0. The molecule has 1 aromatic rings. The fourth-order valence-electron chi connectivity index (χ4n) is 3.10.